The lowest BCUT2D eigenvalue weighted by atomic mass is 9.43. The fourth-order valence-corrected chi connectivity index (χ4v) is 14.6. The van der Waals surface area contributed by atoms with Crippen LogP contribution in [0.25, 0.3) is 44.5 Å². The molecule has 4 bridgehead atoms. The summed E-state index contributed by atoms with van der Waals surface area (Å²) >= 11 is 0. The third kappa shape index (κ3) is 5.27. The van der Waals surface area contributed by atoms with Crippen LogP contribution in [-0.4, -0.2) is 0 Å². The molecule has 5 fully saturated rings. The molecule has 7 aliphatic rings. The summed E-state index contributed by atoms with van der Waals surface area (Å²) < 4.78 is 0. The van der Waals surface area contributed by atoms with Crippen molar-refractivity contribution in [2.24, 2.45) is 23.7 Å². The number of hydrogen-bond acceptors (Lipinski definition) is 1. The van der Waals surface area contributed by atoms with E-state index in [-0.39, 0.29) is 16.2 Å². The van der Waals surface area contributed by atoms with Gasteiger partial charge in [0, 0.05) is 27.9 Å². The van der Waals surface area contributed by atoms with Crippen LogP contribution in [-0.2, 0) is 16.2 Å². The Morgan fingerprint density at radius 1 is 0.419 bits per heavy atom. The van der Waals surface area contributed by atoms with E-state index in [0.29, 0.717) is 0 Å². The first kappa shape index (κ1) is 36.9. The number of anilines is 3. The van der Waals surface area contributed by atoms with Crippen molar-refractivity contribution in [2.45, 2.75) is 94.8 Å². The fraction of sp³-hybridized carbons (Fsp3) is 0.311. The van der Waals surface area contributed by atoms with E-state index in [0.717, 1.165) is 23.7 Å². The zero-order valence-corrected chi connectivity index (χ0v) is 36.6. The second-order valence-corrected chi connectivity index (χ2v) is 21.3. The molecule has 1 heteroatoms. The zero-order chi connectivity index (χ0) is 41.4. The SMILES string of the molecule is CC(C)(C)c1ccc(-c2ccc(N(c3ccc(-c4ccc5c(c4)C4(CCCC4)c4ccccc4-5)cc3)c3ccc4c(c3)C3(c5ccccc5-4)C4CC5CC(C4)CC3C5)cc2)cc1. The van der Waals surface area contributed by atoms with Crippen molar-refractivity contribution >= 4 is 17.1 Å². The van der Waals surface area contributed by atoms with Crippen LogP contribution in [0.15, 0.2) is 158 Å². The molecule has 0 aliphatic heterocycles. The molecule has 7 aromatic carbocycles. The van der Waals surface area contributed by atoms with Crippen LogP contribution < -0.4 is 4.90 Å². The predicted molar refractivity (Wildman–Crippen MR) is 259 cm³/mol. The van der Waals surface area contributed by atoms with Gasteiger partial charge in [-0.2, -0.15) is 0 Å². The molecule has 0 radical (unpaired) electrons. The van der Waals surface area contributed by atoms with Gasteiger partial charge >= 0.3 is 0 Å². The van der Waals surface area contributed by atoms with Gasteiger partial charge < -0.3 is 4.90 Å². The summed E-state index contributed by atoms with van der Waals surface area (Å²) in [5, 5.41) is 0. The predicted octanol–water partition coefficient (Wildman–Crippen LogP) is 16.4. The molecule has 62 heavy (non-hydrogen) atoms. The Hall–Kier alpha value is -5.66. The second kappa shape index (κ2) is 13.4. The lowest BCUT2D eigenvalue weighted by Gasteiger charge is -2.61. The van der Waals surface area contributed by atoms with E-state index in [1.54, 1.807) is 22.3 Å². The molecular formula is C61H57N. The van der Waals surface area contributed by atoms with Crippen LogP contribution in [0.5, 0.6) is 0 Å². The van der Waals surface area contributed by atoms with Crippen molar-refractivity contribution in [1.82, 2.24) is 0 Å². The minimum atomic E-state index is 0.123. The Morgan fingerprint density at radius 3 is 1.50 bits per heavy atom. The van der Waals surface area contributed by atoms with E-state index in [1.807, 2.05) is 0 Å². The van der Waals surface area contributed by atoms with Gasteiger partial charge in [-0.15, -0.1) is 0 Å². The molecule has 0 heterocycles. The molecule has 2 spiro atoms. The number of fused-ring (bicyclic) bond motifs is 8. The summed E-state index contributed by atoms with van der Waals surface area (Å²) in [5.41, 5.74) is 22.7. The van der Waals surface area contributed by atoms with Gasteiger partial charge in [0.25, 0.3) is 0 Å². The molecule has 0 N–H and O–H groups in total. The van der Waals surface area contributed by atoms with E-state index in [9.17, 15) is 0 Å². The van der Waals surface area contributed by atoms with Crippen molar-refractivity contribution in [3.05, 3.63) is 186 Å². The standard InChI is InChI=1S/C61H57N/c1-59(2,3)45-21-14-41(15-22-45)42-16-23-48(24-17-42)62(49-25-18-43(19-26-49)44-20-28-53-51-10-4-6-12-55(51)60(57(53)37-44)30-8-9-31-60)50-27-29-54-52-11-5-7-13-56(52)61(58(54)38-50)46-33-39-32-40(35-46)36-47(61)34-39/h4-7,10-29,37-40,46-47H,8-9,30-36H2,1-3H3. The van der Waals surface area contributed by atoms with E-state index in [1.165, 1.54) is 125 Å². The Balaban J connectivity index is 0.918. The van der Waals surface area contributed by atoms with Crippen molar-refractivity contribution in [2.75, 3.05) is 4.90 Å². The van der Waals surface area contributed by atoms with E-state index >= 15 is 0 Å². The molecule has 7 aliphatic carbocycles. The normalized spacial score (nSPS) is 24.3. The smallest absolute Gasteiger partial charge is 0.0465 e. The number of benzene rings is 7. The van der Waals surface area contributed by atoms with Gasteiger partial charge in [0.1, 0.15) is 0 Å². The quantitative estimate of drug-likeness (QED) is 0.168. The number of hydrogen-bond donors (Lipinski definition) is 0. The largest absolute Gasteiger partial charge is 0.310 e. The van der Waals surface area contributed by atoms with Crippen LogP contribution >= 0.6 is 0 Å². The van der Waals surface area contributed by atoms with E-state index in [2.05, 4.69) is 183 Å². The molecule has 7 aromatic rings. The maximum absolute atomic E-state index is 2.64. The average Bonchev–Trinajstić information content (AvgIpc) is 3.98. The number of rotatable bonds is 5. The highest BCUT2D eigenvalue weighted by Crippen LogP contribution is 2.69. The lowest BCUT2D eigenvalue weighted by Crippen LogP contribution is -2.55. The molecule has 306 valence electrons. The lowest BCUT2D eigenvalue weighted by molar-refractivity contribution is -0.0399. The summed E-state index contributed by atoms with van der Waals surface area (Å²) in [6.45, 7) is 6.87. The van der Waals surface area contributed by atoms with Crippen molar-refractivity contribution in [3.63, 3.8) is 0 Å². The van der Waals surface area contributed by atoms with Gasteiger partial charge in [-0.1, -0.05) is 149 Å². The zero-order valence-electron chi connectivity index (χ0n) is 36.6. The molecule has 0 unspecified atom stereocenters. The van der Waals surface area contributed by atoms with Gasteiger partial charge in [0.2, 0.25) is 0 Å². The Bertz CT molecular complexity index is 2850. The van der Waals surface area contributed by atoms with Gasteiger partial charge in [0.15, 0.2) is 0 Å². The maximum atomic E-state index is 2.64. The summed E-state index contributed by atoms with van der Waals surface area (Å²) in [6.07, 6.45) is 12.2. The van der Waals surface area contributed by atoms with Gasteiger partial charge in [-0.25, -0.2) is 0 Å². The van der Waals surface area contributed by atoms with E-state index in [4.69, 9.17) is 0 Å². The second-order valence-electron chi connectivity index (χ2n) is 21.3. The van der Waals surface area contributed by atoms with Gasteiger partial charge in [0.05, 0.1) is 0 Å². The molecule has 14 rings (SSSR count). The maximum Gasteiger partial charge on any atom is 0.0465 e. The molecule has 0 aromatic heterocycles. The minimum Gasteiger partial charge on any atom is -0.310 e. The van der Waals surface area contributed by atoms with Crippen molar-refractivity contribution < 1.29 is 0 Å². The van der Waals surface area contributed by atoms with Crippen LogP contribution in [0.1, 0.15) is 106 Å². The molecule has 0 amide bonds. The van der Waals surface area contributed by atoms with Gasteiger partial charge in [-0.3, -0.25) is 0 Å². The van der Waals surface area contributed by atoms with Crippen LogP contribution in [0.4, 0.5) is 17.1 Å². The molecule has 0 atom stereocenters. The Morgan fingerprint density at radius 2 is 0.887 bits per heavy atom. The van der Waals surface area contributed by atoms with E-state index < -0.39 is 0 Å². The first-order chi connectivity index (χ1) is 30.3. The highest BCUT2D eigenvalue weighted by atomic mass is 15.1. The third-order valence-electron chi connectivity index (χ3n) is 17.2. The first-order valence-electron chi connectivity index (χ1n) is 23.9. The molecular weight excluding hydrogens is 747 g/mol. The molecule has 5 saturated carbocycles. The minimum absolute atomic E-state index is 0.123. The number of nitrogens with zero attached hydrogens (tertiary/aromatic N) is 1. The molecule has 1 nitrogen and oxygen atoms in total. The van der Waals surface area contributed by atoms with Crippen LogP contribution in [0.3, 0.4) is 0 Å². The van der Waals surface area contributed by atoms with Crippen LogP contribution in [0, 0.1) is 23.7 Å². The Labute approximate surface area is 368 Å². The monoisotopic (exact) mass is 803 g/mol. The van der Waals surface area contributed by atoms with Crippen LogP contribution in [0.2, 0.25) is 0 Å². The summed E-state index contributed by atoms with van der Waals surface area (Å²) in [5.74, 6) is 3.31. The Kier molecular flexibility index (Phi) is 8.00. The fourth-order valence-electron chi connectivity index (χ4n) is 14.6. The topological polar surface area (TPSA) is 3.24 Å². The summed E-state index contributed by atoms with van der Waals surface area (Å²) in [4.78, 5) is 2.54. The summed E-state index contributed by atoms with van der Waals surface area (Å²) in [6, 6.07) is 61.6. The van der Waals surface area contributed by atoms with Gasteiger partial charge in [-0.05, 0) is 189 Å². The van der Waals surface area contributed by atoms with Crippen molar-refractivity contribution in [3.8, 4) is 44.5 Å². The first-order valence-corrected chi connectivity index (χ1v) is 23.9. The average molecular weight is 804 g/mol. The summed E-state index contributed by atoms with van der Waals surface area (Å²) in [7, 11) is 0. The van der Waals surface area contributed by atoms with Crippen molar-refractivity contribution in [1.29, 1.82) is 0 Å². The highest BCUT2D eigenvalue weighted by Gasteiger charge is 2.61. The highest BCUT2D eigenvalue weighted by molar-refractivity contribution is 5.88. The molecule has 0 saturated heterocycles. The third-order valence-corrected chi connectivity index (χ3v) is 17.2.